The molecule has 1 aromatic carbocycles. The Bertz CT molecular complexity index is 445. The SMILES string of the molecule is CC(C)CC(CNC1CC1)Cc1ccc2c(c1)CCC2. The van der Waals surface area contributed by atoms with Crippen LogP contribution in [0.15, 0.2) is 18.2 Å². The molecule has 0 heterocycles. The van der Waals surface area contributed by atoms with Crippen molar-refractivity contribution in [2.24, 2.45) is 11.8 Å². The topological polar surface area (TPSA) is 12.0 Å². The number of benzene rings is 1. The molecule has 0 bridgehead atoms. The van der Waals surface area contributed by atoms with Gasteiger partial charge in [0.15, 0.2) is 0 Å². The van der Waals surface area contributed by atoms with Crippen molar-refractivity contribution >= 4 is 0 Å². The van der Waals surface area contributed by atoms with Gasteiger partial charge in [-0.05, 0) is 80.0 Å². The maximum Gasteiger partial charge on any atom is 0.00683 e. The minimum absolute atomic E-state index is 0.801. The van der Waals surface area contributed by atoms with Crippen LogP contribution in [-0.2, 0) is 19.3 Å². The van der Waals surface area contributed by atoms with Gasteiger partial charge in [0.2, 0.25) is 0 Å². The molecule has 0 saturated heterocycles. The third-order valence-corrected chi connectivity index (χ3v) is 4.76. The monoisotopic (exact) mass is 271 g/mol. The van der Waals surface area contributed by atoms with Gasteiger partial charge in [0.25, 0.3) is 0 Å². The van der Waals surface area contributed by atoms with Crippen LogP contribution in [0, 0.1) is 11.8 Å². The van der Waals surface area contributed by atoms with Gasteiger partial charge in [-0.25, -0.2) is 0 Å². The van der Waals surface area contributed by atoms with Crippen molar-refractivity contribution in [2.75, 3.05) is 6.54 Å². The van der Waals surface area contributed by atoms with Crippen molar-refractivity contribution in [1.29, 1.82) is 0 Å². The highest BCUT2D eigenvalue weighted by molar-refractivity contribution is 5.35. The molecule has 1 fully saturated rings. The summed E-state index contributed by atoms with van der Waals surface area (Å²) in [4.78, 5) is 0. The molecule has 1 unspecified atom stereocenters. The normalized spacial score (nSPS) is 19.4. The summed E-state index contributed by atoms with van der Waals surface area (Å²) in [6, 6.07) is 8.10. The first-order valence-corrected chi connectivity index (χ1v) is 8.55. The lowest BCUT2D eigenvalue weighted by Gasteiger charge is -2.20. The van der Waals surface area contributed by atoms with Crippen LogP contribution in [0.5, 0.6) is 0 Å². The summed E-state index contributed by atoms with van der Waals surface area (Å²) in [5.74, 6) is 1.60. The van der Waals surface area contributed by atoms with Crippen molar-refractivity contribution in [3.63, 3.8) is 0 Å². The van der Waals surface area contributed by atoms with E-state index in [1.807, 2.05) is 0 Å². The molecule has 1 saturated carbocycles. The van der Waals surface area contributed by atoms with Gasteiger partial charge in [-0.15, -0.1) is 0 Å². The number of fused-ring (bicyclic) bond motifs is 1. The van der Waals surface area contributed by atoms with Gasteiger partial charge in [-0.1, -0.05) is 32.0 Å². The second-order valence-electron chi connectivity index (χ2n) is 7.34. The Labute approximate surface area is 124 Å². The molecule has 2 aliphatic carbocycles. The van der Waals surface area contributed by atoms with E-state index in [0.29, 0.717) is 0 Å². The van der Waals surface area contributed by atoms with E-state index in [1.54, 1.807) is 16.7 Å². The molecule has 110 valence electrons. The molecule has 1 heteroatoms. The van der Waals surface area contributed by atoms with Gasteiger partial charge in [0.05, 0.1) is 0 Å². The molecule has 0 radical (unpaired) electrons. The first kappa shape index (κ1) is 14.1. The highest BCUT2D eigenvalue weighted by Crippen LogP contribution is 2.26. The average Bonchev–Trinajstić information content (AvgIpc) is 3.12. The fourth-order valence-corrected chi connectivity index (χ4v) is 3.61. The maximum atomic E-state index is 3.73. The lowest BCUT2D eigenvalue weighted by molar-refractivity contribution is 0.384. The van der Waals surface area contributed by atoms with Crippen LogP contribution in [0.4, 0.5) is 0 Å². The molecule has 2 aliphatic rings. The van der Waals surface area contributed by atoms with E-state index in [0.717, 1.165) is 17.9 Å². The highest BCUT2D eigenvalue weighted by Gasteiger charge is 2.22. The predicted molar refractivity (Wildman–Crippen MR) is 86.1 cm³/mol. The van der Waals surface area contributed by atoms with E-state index in [-0.39, 0.29) is 0 Å². The Morgan fingerprint density at radius 3 is 2.70 bits per heavy atom. The Morgan fingerprint density at radius 1 is 1.15 bits per heavy atom. The average molecular weight is 271 g/mol. The Hall–Kier alpha value is -0.820. The van der Waals surface area contributed by atoms with Crippen molar-refractivity contribution < 1.29 is 0 Å². The summed E-state index contributed by atoms with van der Waals surface area (Å²) >= 11 is 0. The van der Waals surface area contributed by atoms with E-state index in [1.165, 1.54) is 51.5 Å². The Balaban J connectivity index is 1.61. The second-order valence-corrected chi connectivity index (χ2v) is 7.34. The fourth-order valence-electron chi connectivity index (χ4n) is 3.61. The third kappa shape index (κ3) is 3.85. The fraction of sp³-hybridized carbons (Fsp3) is 0.684. The first-order valence-electron chi connectivity index (χ1n) is 8.55. The van der Waals surface area contributed by atoms with E-state index in [9.17, 15) is 0 Å². The molecule has 0 aromatic heterocycles. The lowest BCUT2D eigenvalue weighted by Crippen LogP contribution is -2.27. The summed E-state index contributed by atoms with van der Waals surface area (Å²) in [6.45, 7) is 5.92. The Morgan fingerprint density at radius 2 is 1.95 bits per heavy atom. The number of nitrogens with one attached hydrogen (secondary N) is 1. The van der Waals surface area contributed by atoms with Crippen LogP contribution in [0.1, 0.15) is 56.2 Å². The molecule has 0 amide bonds. The van der Waals surface area contributed by atoms with Crippen LogP contribution >= 0.6 is 0 Å². The summed E-state index contributed by atoms with van der Waals surface area (Å²) in [5, 5.41) is 3.73. The van der Waals surface area contributed by atoms with Crippen LogP contribution in [0.25, 0.3) is 0 Å². The van der Waals surface area contributed by atoms with Crippen molar-refractivity contribution in [2.45, 2.75) is 64.8 Å². The van der Waals surface area contributed by atoms with Gasteiger partial charge >= 0.3 is 0 Å². The molecule has 0 aliphatic heterocycles. The Kier molecular flexibility index (Phi) is 4.45. The molecular weight excluding hydrogens is 242 g/mol. The second kappa shape index (κ2) is 6.30. The van der Waals surface area contributed by atoms with Crippen LogP contribution in [0.2, 0.25) is 0 Å². The van der Waals surface area contributed by atoms with E-state index >= 15 is 0 Å². The van der Waals surface area contributed by atoms with Gasteiger partial charge in [0.1, 0.15) is 0 Å². The van der Waals surface area contributed by atoms with Gasteiger partial charge in [-0.2, -0.15) is 0 Å². The summed E-state index contributed by atoms with van der Waals surface area (Å²) in [7, 11) is 0. The molecule has 20 heavy (non-hydrogen) atoms. The summed E-state index contributed by atoms with van der Waals surface area (Å²) < 4.78 is 0. The van der Waals surface area contributed by atoms with Gasteiger partial charge in [-0.3, -0.25) is 0 Å². The quantitative estimate of drug-likeness (QED) is 0.786. The number of hydrogen-bond acceptors (Lipinski definition) is 1. The van der Waals surface area contributed by atoms with E-state index in [2.05, 4.69) is 37.4 Å². The zero-order valence-electron chi connectivity index (χ0n) is 13.1. The molecular formula is C19H29N. The van der Waals surface area contributed by atoms with Crippen molar-refractivity contribution in [3.05, 3.63) is 34.9 Å². The highest BCUT2D eigenvalue weighted by atomic mass is 14.9. The minimum atomic E-state index is 0.801. The lowest BCUT2D eigenvalue weighted by atomic mass is 9.90. The molecule has 1 nitrogen and oxygen atoms in total. The van der Waals surface area contributed by atoms with Crippen molar-refractivity contribution in [1.82, 2.24) is 5.32 Å². The summed E-state index contributed by atoms with van der Waals surface area (Å²) in [6.07, 6.45) is 9.35. The van der Waals surface area contributed by atoms with Gasteiger partial charge in [0, 0.05) is 6.04 Å². The smallest absolute Gasteiger partial charge is 0.00683 e. The van der Waals surface area contributed by atoms with E-state index in [4.69, 9.17) is 0 Å². The number of rotatable bonds is 7. The number of aryl methyl sites for hydroxylation is 2. The summed E-state index contributed by atoms with van der Waals surface area (Å²) in [5.41, 5.74) is 4.79. The molecule has 1 aromatic rings. The van der Waals surface area contributed by atoms with E-state index < -0.39 is 0 Å². The molecule has 1 N–H and O–H groups in total. The molecule has 3 rings (SSSR count). The standard InChI is InChI=1S/C19H29N/c1-14(2)10-16(13-20-19-8-9-19)11-15-6-7-17-4-3-5-18(17)12-15/h6-7,12,14,16,19-20H,3-5,8-11,13H2,1-2H3. The molecule has 1 atom stereocenters. The first-order chi connectivity index (χ1) is 9.70. The predicted octanol–water partition coefficient (Wildman–Crippen LogP) is 4.13. The number of hydrogen-bond donors (Lipinski definition) is 1. The zero-order valence-corrected chi connectivity index (χ0v) is 13.1. The maximum absolute atomic E-state index is 3.73. The minimum Gasteiger partial charge on any atom is -0.314 e. The van der Waals surface area contributed by atoms with Gasteiger partial charge < -0.3 is 5.32 Å². The van der Waals surface area contributed by atoms with Crippen LogP contribution in [0.3, 0.4) is 0 Å². The van der Waals surface area contributed by atoms with Crippen LogP contribution < -0.4 is 5.32 Å². The van der Waals surface area contributed by atoms with Crippen molar-refractivity contribution in [3.8, 4) is 0 Å². The largest absolute Gasteiger partial charge is 0.314 e. The zero-order chi connectivity index (χ0) is 13.9. The molecule has 0 spiro atoms. The van der Waals surface area contributed by atoms with Crippen LogP contribution in [-0.4, -0.2) is 12.6 Å². The third-order valence-electron chi connectivity index (χ3n) is 4.76.